The molecule has 2 aromatic rings. The zero-order valence-corrected chi connectivity index (χ0v) is 20.6. The summed E-state index contributed by atoms with van der Waals surface area (Å²) in [4.78, 5) is 26.6. The van der Waals surface area contributed by atoms with Crippen molar-refractivity contribution in [2.75, 3.05) is 24.8 Å². The lowest BCUT2D eigenvalue weighted by molar-refractivity contribution is -0.113. The van der Waals surface area contributed by atoms with Crippen molar-refractivity contribution in [3.05, 3.63) is 21.8 Å². The third kappa shape index (κ3) is 5.12. The van der Waals surface area contributed by atoms with Crippen LogP contribution < -0.4 is 5.32 Å². The summed E-state index contributed by atoms with van der Waals surface area (Å²) in [6, 6.07) is 0. The molecular formula is C23H30N4O4S2. The molecule has 1 saturated heterocycles. The number of ether oxygens (including phenoxy) is 2. The van der Waals surface area contributed by atoms with Crippen LogP contribution in [0.3, 0.4) is 0 Å². The van der Waals surface area contributed by atoms with Gasteiger partial charge in [0.15, 0.2) is 5.16 Å². The van der Waals surface area contributed by atoms with Gasteiger partial charge in [0.1, 0.15) is 10.8 Å². The van der Waals surface area contributed by atoms with Crippen LogP contribution in [0.25, 0.3) is 0 Å². The maximum atomic E-state index is 12.9. The molecule has 1 amide bonds. The van der Waals surface area contributed by atoms with Crippen LogP contribution in [0.4, 0.5) is 5.00 Å². The maximum absolute atomic E-state index is 12.9. The van der Waals surface area contributed by atoms with Gasteiger partial charge in [-0.25, -0.2) is 4.79 Å². The summed E-state index contributed by atoms with van der Waals surface area (Å²) in [7, 11) is 1.39. The van der Waals surface area contributed by atoms with Gasteiger partial charge in [-0.05, 0) is 56.9 Å². The third-order valence-corrected chi connectivity index (χ3v) is 8.67. The van der Waals surface area contributed by atoms with Crippen LogP contribution in [-0.4, -0.2) is 52.2 Å². The minimum absolute atomic E-state index is 0.152. The molecule has 0 aromatic carbocycles. The number of carbonyl (C=O) groups is 2. The van der Waals surface area contributed by atoms with Gasteiger partial charge in [0.25, 0.3) is 0 Å². The minimum atomic E-state index is -0.372. The number of carbonyl (C=O) groups excluding carboxylic acids is 2. The molecule has 2 aliphatic carbocycles. The summed E-state index contributed by atoms with van der Waals surface area (Å²) in [5, 5.41) is 13.2. The molecule has 5 rings (SSSR count). The van der Waals surface area contributed by atoms with Gasteiger partial charge in [0, 0.05) is 17.4 Å². The summed E-state index contributed by atoms with van der Waals surface area (Å²) in [5.41, 5.74) is 1.59. The quantitative estimate of drug-likeness (QED) is 0.337. The monoisotopic (exact) mass is 490 g/mol. The Hall–Kier alpha value is -1.91. The number of aromatic nitrogens is 3. The largest absolute Gasteiger partial charge is 0.465 e. The average molecular weight is 491 g/mol. The molecule has 8 nitrogen and oxygen atoms in total. The molecule has 3 heterocycles. The number of aryl methyl sites for hydroxylation is 1. The molecule has 1 aliphatic heterocycles. The first-order valence-electron chi connectivity index (χ1n) is 11.8. The van der Waals surface area contributed by atoms with Crippen molar-refractivity contribution in [2.45, 2.75) is 81.5 Å². The second-order valence-electron chi connectivity index (χ2n) is 8.96. The smallest absolute Gasteiger partial charge is 0.341 e. The molecule has 33 heavy (non-hydrogen) atoms. The molecule has 0 radical (unpaired) electrons. The number of nitrogens with zero attached hydrogens (tertiary/aromatic N) is 3. The van der Waals surface area contributed by atoms with E-state index in [1.165, 1.54) is 35.1 Å². The van der Waals surface area contributed by atoms with E-state index in [1.807, 2.05) is 0 Å². The Morgan fingerprint density at radius 1 is 1.18 bits per heavy atom. The van der Waals surface area contributed by atoms with Crippen molar-refractivity contribution in [1.82, 2.24) is 14.8 Å². The molecule has 2 aromatic heterocycles. The lowest BCUT2D eigenvalue weighted by atomic mass is 10.1. The Morgan fingerprint density at radius 3 is 2.79 bits per heavy atom. The normalized spacial score (nSPS) is 20.3. The maximum Gasteiger partial charge on any atom is 0.341 e. The standard InChI is InChI=1S/C23H30N4O4S2/c1-30-22(29)19-16-7-3-2-4-8-17(16)33-21(19)24-18(28)13-32-23-26-25-20(14-9-10-14)27(23)12-15-6-5-11-31-15/h14-15H,2-13H2,1H3,(H,24,28). The van der Waals surface area contributed by atoms with Gasteiger partial charge in [0.05, 0.1) is 31.1 Å². The summed E-state index contributed by atoms with van der Waals surface area (Å²) in [6.45, 7) is 1.55. The molecule has 10 heteroatoms. The first kappa shape index (κ1) is 22.9. The Bertz CT molecular complexity index is 1020. The average Bonchev–Trinajstić information content (AvgIpc) is 3.32. The summed E-state index contributed by atoms with van der Waals surface area (Å²) < 4.78 is 13.0. The fraction of sp³-hybridized carbons (Fsp3) is 0.652. The summed E-state index contributed by atoms with van der Waals surface area (Å²) in [6.07, 6.45) is 9.76. The highest BCUT2D eigenvalue weighted by Crippen LogP contribution is 2.41. The highest BCUT2D eigenvalue weighted by atomic mass is 32.2. The van der Waals surface area contributed by atoms with Crippen LogP contribution in [0.1, 0.15) is 77.5 Å². The highest BCUT2D eigenvalue weighted by molar-refractivity contribution is 7.99. The zero-order valence-electron chi connectivity index (χ0n) is 18.9. The molecule has 2 fully saturated rings. The molecule has 0 spiro atoms. The molecular weight excluding hydrogens is 460 g/mol. The first-order valence-corrected chi connectivity index (χ1v) is 13.6. The number of hydrogen-bond acceptors (Lipinski definition) is 8. The number of amides is 1. The van der Waals surface area contributed by atoms with Crippen LogP contribution in [-0.2, 0) is 33.7 Å². The van der Waals surface area contributed by atoms with Gasteiger partial charge in [-0.2, -0.15) is 0 Å². The molecule has 0 bridgehead atoms. The van der Waals surface area contributed by atoms with Gasteiger partial charge in [-0.15, -0.1) is 21.5 Å². The first-order chi connectivity index (χ1) is 16.1. The number of thiophene rings is 1. The van der Waals surface area contributed by atoms with E-state index in [2.05, 4.69) is 20.1 Å². The van der Waals surface area contributed by atoms with Crippen LogP contribution in [0.5, 0.6) is 0 Å². The number of hydrogen-bond donors (Lipinski definition) is 1. The Kier molecular flexibility index (Phi) is 7.03. The zero-order chi connectivity index (χ0) is 22.8. The topological polar surface area (TPSA) is 95.3 Å². The SMILES string of the molecule is COC(=O)c1c(NC(=O)CSc2nnc(C3CC3)n2CC2CCCO2)sc2c1CCCCC2. The van der Waals surface area contributed by atoms with Crippen molar-refractivity contribution >= 4 is 40.0 Å². The van der Waals surface area contributed by atoms with Crippen molar-refractivity contribution in [3.63, 3.8) is 0 Å². The molecule has 1 saturated carbocycles. The van der Waals surface area contributed by atoms with E-state index in [0.29, 0.717) is 16.5 Å². The van der Waals surface area contributed by atoms with Crippen molar-refractivity contribution in [3.8, 4) is 0 Å². The number of rotatable bonds is 8. The van der Waals surface area contributed by atoms with Gasteiger partial charge in [0.2, 0.25) is 5.91 Å². The number of anilines is 1. The van der Waals surface area contributed by atoms with Crippen molar-refractivity contribution < 1.29 is 19.1 Å². The van der Waals surface area contributed by atoms with E-state index in [1.54, 1.807) is 0 Å². The Morgan fingerprint density at radius 2 is 2.03 bits per heavy atom. The van der Waals surface area contributed by atoms with Crippen LogP contribution in [0.15, 0.2) is 5.16 Å². The van der Waals surface area contributed by atoms with Crippen LogP contribution >= 0.6 is 23.1 Å². The number of esters is 1. The number of methoxy groups -OCH3 is 1. The Balaban J connectivity index is 1.28. The van der Waals surface area contributed by atoms with Crippen LogP contribution in [0.2, 0.25) is 0 Å². The van der Waals surface area contributed by atoms with E-state index < -0.39 is 0 Å². The molecule has 1 atom stereocenters. The van der Waals surface area contributed by atoms with E-state index >= 15 is 0 Å². The number of fused-ring (bicyclic) bond motifs is 1. The fourth-order valence-corrected chi connectivity index (χ4v) is 6.70. The van der Waals surface area contributed by atoms with E-state index in [4.69, 9.17) is 9.47 Å². The molecule has 3 aliphatic rings. The summed E-state index contributed by atoms with van der Waals surface area (Å²) >= 11 is 2.91. The third-order valence-electron chi connectivity index (χ3n) is 6.49. The van der Waals surface area contributed by atoms with Gasteiger partial charge in [-0.3, -0.25) is 4.79 Å². The predicted octanol–water partition coefficient (Wildman–Crippen LogP) is 4.18. The second kappa shape index (κ2) is 10.1. The van der Waals surface area contributed by atoms with Gasteiger partial charge in [-0.1, -0.05) is 18.2 Å². The second-order valence-corrected chi connectivity index (χ2v) is 11.0. The number of nitrogens with one attached hydrogen (secondary N) is 1. The van der Waals surface area contributed by atoms with Gasteiger partial charge < -0.3 is 19.4 Å². The van der Waals surface area contributed by atoms with Crippen molar-refractivity contribution in [2.24, 2.45) is 0 Å². The van der Waals surface area contributed by atoms with E-state index in [0.717, 1.165) is 87.5 Å². The lowest BCUT2D eigenvalue weighted by Gasteiger charge is -2.14. The summed E-state index contributed by atoms with van der Waals surface area (Å²) in [5.74, 6) is 1.18. The van der Waals surface area contributed by atoms with Crippen molar-refractivity contribution in [1.29, 1.82) is 0 Å². The minimum Gasteiger partial charge on any atom is -0.465 e. The molecule has 1 unspecified atom stereocenters. The van der Waals surface area contributed by atoms with E-state index in [9.17, 15) is 9.59 Å². The molecule has 1 N–H and O–H groups in total. The highest BCUT2D eigenvalue weighted by Gasteiger charge is 2.32. The Labute approximate surface area is 201 Å². The fourth-order valence-electron chi connectivity index (χ4n) is 4.66. The van der Waals surface area contributed by atoms with Crippen LogP contribution in [0, 0.1) is 0 Å². The van der Waals surface area contributed by atoms with E-state index in [-0.39, 0.29) is 23.7 Å². The molecule has 178 valence electrons. The lowest BCUT2D eigenvalue weighted by Crippen LogP contribution is -2.19. The number of thioether (sulfide) groups is 1. The van der Waals surface area contributed by atoms with Gasteiger partial charge >= 0.3 is 5.97 Å². The predicted molar refractivity (Wildman–Crippen MR) is 127 cm³/mol.